The third kappa shape index (κ3) is 3.14. The van der Waals surface area contributed by atoms with Gasteiger partial charge in [0.1, 0.15) is 12.4 Å². The van der Waals surface area contributed by atoms with Crippen LogP contribution in [0.15, 0.2) is 12.4 Å². The van der Waals surface area contributed by atoms with Crippen molar-refractivity contribution in [2.75, 3.05) is 33.4 Å². The molecule has 0 N–H and O–H groups in total. The summed E-state index contributed by atoms with van der Waals surface area (Å²) >= 11 is 0. The van der Waals surface area contributed by atoms with E-state index in [2.05, 4.69) is 9.55 Å². The quantitative estimate of drug-likeness (QED) is 0.792. The van der Waals surface area contributed by atoms with Crippen LogP contribution in [0.3, 0.4) is 0 Å². The standard InChI is InChI=1S/C15H22N4O3/c1-22-11-15(21)19-9-12(8-18-5-2-3-14(18)20)7-17-6-4-16-13(17)10-19/h4,6,12H,2-3,5,7-11H2,1H3/t12-/m0/s1. The van der Waals surface area contributed by atoms with Crippen molar-refractivity contribution in [3.63, 3.8) is 0 Å². The van der Waals surface area contributed by atoms with Gasteiger partial charge in [0, 0.05) is 58.0 Å². The topological polar surface area (TPSA) is 67.7 Å². The van der Waals surface area contributed by atoms with Gasteiger partial charge in [-0.1, -0.05) is 0 Å². The maximum Gasteiger partial charge on any atom is 0.248 e. The zero-order valence-corrected chi connectivity index (χ0v) is 12.9. The van der Waals surface area contributed by atoms with Crippen LogP contribution in [0.25, 0.3) is 0 Å². The Morgan fingerprint density at radius 3 is 3.05 bits per heavy atom. The highest BCUT2D eigenvalue weighted by molar-refractivity contribution is 5.78. The fourth-order valence-electron chi connectivity index (χ4n) is 3.27. The summed E-state index contributed by atoms with van der Waals surface area (Å²) in [6, 6.07) is 0. The second kappa shape index (κ2) is 6.48. The summed E-state index contributed by atoms with van der Waals surface area (Å²) in [6.45, 7) is 3.53. The zero-order valence-electron chi connectivity index (χ0n) is 12.9. The van der Waals surface area contributed by atoms with Gasteiger partial charge in [-0.3, -0.25) is 9.59 Å². The van der Waals surface area contributed by atoms with Crippen LogP contribution >= 0.6 is 0 Å². The van der Waals surface area contributed by atoms with E-state index in [1.54, 1.807) is 11.1 Å². The second-order valence-electron chi connectivity index (χ2n) is 6.01. The normalized spacial score (nSPS) is 21.9. The van der Waals surface area contributed by atoms with E-state index in [4.69, 9.17) is 4.74 Å². The van der Waals surface area contributed by atoms with Gasteiger partial charge < -0.3 is 19.1 Å². The molecular formula is C15H22N4O3. The average molecular weight is 306 g/mol. The van der Waals surface area contributed by atoms with Crippen LogP contribution in [0.2, 0.25) is 0 Å². The Hall–Kier alpha value is -1.89. The van der Waals surface area contributed by atoms with Crippen LogP contribution in [-0.4, -0.2) is 64.5 Å². The van der Waals surface area contributed by atoms with Gasteiger partial charge in [0.05, 0.1) is 6.54 Å². The van der Waals surface area contributed by atoms with Crippen LogP contribution in [0.1, 0.15) is 18.7 Å². The van der Waals surface area contributed by atoms with Crippen LogP contribution in [0.5, 0.6) is 0 Å². The molecule has 7 heteroatoms. The number of nitrogens with zero attached hydrogens (tertiary/aromatic N) is 4. The fourth-order valence-corrected chi connectivity index (χ4v) is 3.27. The Bertz CT molecular complexity index is 557. The van der Waals surface area contributed by atoms with E-state index in [-0.39, 0.29) is 24.3 Å². The minimum Gasteiger partial charge on any atom is -0.375 e. The number of hydrogen-bond acceptors (Lipinski definition) is 4. The van der Waals surface area contributed by atoms with E-state index >= 15 is 0 Å². The van der Waals surface area contributed by atoms with Gasteiger partial charge in [0.15, 0.2) is 0 Å². The van der Waals surface area contributed by atoms with Crippen LogP contribution < -0.4 is 0 Å². The van der Waals surface area contributed by atoms with E-state index in [1.807, 2.05) is 11.1 Å². The summed E-state index contributed by atoms with van der Waals surface area (Å²) < 4.78 is 7.06. The smallest absolute Gasteiger partial charge is 0.248 e. The number of methoxy groups -OCH3 is 1. The minimum absolute atomic E-state index is 0.0308. The monoisotopic (exact) mass is 306 g/mol. The molecule has 1 atom stereocenters. The molecule has 0 unspecified atom stereocenters. The first-order valence-electron chi connectivity index (χ1n) is 7.72. The molecule has 0 aliphatic carbocycles. The maximum absolute atomic E-state index is 12.2. The molecule has 1 saturated heterocycles. The van der Waals surface area contributed by atoms with Gasteiger partial charge in [0.25, 0.3) is 0 Å². The number of hydrogen-bond donors (Lipinski definition) is 0. The first-order valence-corrected chi connectivity index (χ1v) is 7.72. The average Bonchev–Trinajstić information content (AvgIpc) is 3.04. The molecule has 0 aromatic carbocycles. The van der Waals surface area contributed by atoms with Crippen LogP contribution in [-0.2, 0) is 27.4 Å². The summed E-state index contributed by atoms with van der Waals surface area (Å²) in [6.07, 6.45) is 5.29. The van der Waals surface area contributed by atoms with Gasteiger partial charge in [0.2, 0.25) is 11.8 Å². The molecule has 1 aromatic heterocycles. The van der Waals surface area contributed by atoms with Gasteiger partial charge in [-0.2, -0.15) is 0 Å². The van der Waals surface area contributed by atoms with Crippen LogP contribution in [0, 0.1) is 5.92 Å². The SMILES string of the molecule is COCC(=O)N1Cc2nccn2C[C@@H](CN2CCCC2=O)C1. The number of carbonyl (C=O) groups excluding carboxylic acids is 2. The Morgan fingerprint density at radius 1 is 1.45 bits per heavy atom. The van der Waals surface area contributed by atoms with Crippen molar-refractivity contribution in [2.45, 2.75) is 25.9 Å². The summed E-state index contributed by atoms with van der Waals surface area (Å²) in [5.74, 6) is 1.31. The third-order valence-corrected chi connectivity index (χ3v) is 4.34. The van der Waals surface area contributed by atoms with E-state index in [9.17, 15) is 9.59 Å². The largest absolute Gasteiger partial charge is 0.375 e. The number of rotatable bonds is 4. The van der Waals surface area contributed by atoms with Crippen molar-refractivity contribution < 1.29 is 14.3 Å². The molecule has 0 spiro atoms. The molecule has 1 fully saturated rings. The summed E-state index contributed by atoms with van der Waals surface area (Å²) in [7, 11) is 1.52. The lowest BCUT2D eigenvalue weighted by Gasteiger charge is -2.27. The maximum atomic E-state index is 12.2. The lowest BCUT2D eigenvalue weighted by atomic mass is 10.1. The van der Waals surface area contributed by atoms with Crippen molar-refractivity contribution in [2.24, 2.45) is 5.92 Å². The molecule has 0 bridgehead atoms. The lowest BCUT2D eigenvalue weighted by molar-refractivity contribution is -0.136. The van der Waals surface area contributed by atoms with Gasteiger partial charge >= 0.3 is 0 Å². The summed E-state index contributed by atoms with van der Waals surface area (Å²) in [4.78, 5) is 32.1. The van der Waals surface area contributed by atoms with E-state index in [1.165, 1.54) is 7.11 Å². The number of ether oxygens (including phenoxy) is 1. The molecule has 2 amide bonds. The van der Waals surface area contributed by atoms with E-state index in [0.717, 1.165) is 25.3 Å². The molecule has 22 heavy (non-hydrogen) atoms. The summed E-state index contributed by atoms with van der Waals surface area (Å²) in [5.41, 5.74) is 0. The molecule has 2 aliphatic heterocycles. The minimum atomic E-state index is -0.0308. The summed E-state index contributed by atoms with van der Waals surface area (Å²) in [5, 5.41) is 0. The van der Waals surface area contributed by atoms with Gasteiger partial charge in [-0.05, 0) is 6.42 Å². The third-order valence-electron chi connectivity index (χ3n) is 4.34. The molecule has 3 heterocycles. The number of fused-ring (bicyclic) bond motifs is 1. The molecule has 0 radical (unpaired) electrons. The predicted molar refractivity (Wildman–Crippen MR) is 78.8 cm³/mol. The highest BCUT2D eigenvalue weighted by Gasteiger charge is 2.29. The van der Waals surface area contributed by atoms with Crippen LogP contribution in [0.4, 0.5) is 0 Å². The zero-order chi connectivity index (χ0) is 15.5. The Kier molecular flexibility index (Phi) is 4.42. The molecule has 1 aromatic rings. The van der Waals surface area contributed by atoms with Crippen molar-refractivity contribution in [3.8, 4) is 0 Å². The molecule has 2 aliphatic rings. The number of likely N-dealkylation sites (tertiary alicyclic amines) is 1. The Morgan fingerprint density at radius 2 is 2.32 bits per heavy atom. The fraction of sp³-hybridized carbons (Fsp3) is 0.667. The highest BCUT2D eigenvalue weighted by Crippen LogP contribution is 2.19. The number of aromatic nitrogens is 2. The lowest BCUT2D eigenvalue weighted by Crippen LogP contribution is -2.40. The van der Waals surface area contributed by atoms with E-state index < -0.39 is 0 Å². The molecule has 0 saturated carbocycles. The van der Waals surface area contributed by atoms with Crippen molar-refractivity contribution in [1.82, 2.24) is 19.4 Å². The second-order valence-corrected chi connectivity index (χ2v) is 6.01. The Balaban J connectivity index is 1.74. The highest BCUT2D eigenvalue weighted by atomic mass is 16.5. The van der Waals surface area contributed by atoms with Gasteiger partial charge in [-0.15, -0.1) is 0 Å². The van der Waals surface area contributed by atoms with Crippen molar-refractivity contribution in [1.29, 1.82) is 0 Å². The first-order chi connectivity index (χ1) is 10.7. The van der Waals surface area contributed by atoms with Gasteiger partial charge in [-0.25, -0.2) is 4.98 Å². The number of imidazole rings is 1. The molecule has 3 rings (SSSR count). The molecular weight excluding hydrogens is 284 g/mol. The molecule has 120 valence electrons. The molecule has 7 nitrogen and oxygen atoms in total. The first kappa shape index (κ1) is 15.0. The number of carbonyl (C=O) groups is 2. The Labute approximate surface area is 129 Å². The van der Waals surface area contributed by atoms with E-state index in [0.29, 0.717) is 26.1 Å². The van der Waals surface area contributed by atoms with Crippen molar-refractivity contribution >= 4 is 11.8 Å². The predicted octanol–water partition coefficient (Wildman–Crippen LogP) is 0.110. The van der Waals surface area contributed by atoms with Crippen molar-refractivity contribution in [3.05, 3.63) is 18.2 Å². The number of amides is 2.